The predicted octanol–water partition coefficient (Wildman–Crippen LogP) is 4.85. The van der Waals surface area contributed by atoms with Gasteiger partial charge in [0, 0.05) is 10.0 Å². The van der Waals surface area contributed by atoms with Gasteiger partial charge in [-0.2, -0.15) is 0 Å². The van der Waals surface area contributed by atoms with Gasteiger partial charge in [0.2, 0.25) is 5.91 Å². The Morgan fingerprint density at radius 2 is 1.77 bits per heavy atom. The fraction of sp³-hybridized carbons (Fsp3) is 0.100. The number of rotatable bonds is 5. The van der Waals surface area contributed by atoms with Gasteiger partial charge in [-0.1, -0.05) is 42.0 Å². The zero-order chi connectivity index (χ0) is 18.5. The minimum atomic E-state index is -0.279. The quantitative estimate of drug-likeness (QED) is 0.609. The average molecular weight is 429 g/mol. The van der Waals surface area contributed by atoms with Crippen LogP contribution in [0.5, 0.6) is 0 Å². The highest BCUT2D eigenvalue weighted by Gasteiger charge is 2.15. The summed E-state index contributed by atoms with van der Waals surface area (Å²) in [4.78, 5) is 25.2. The van der Waals surface area contributed by atoms with Gasteiger partial charge in [0.25, 0.3) is 5.91 Å². The molecular weight excluding hydrogens is 412 g/mol. The normalized spacial score (nSPS) is 10.4. The van der Waals surface area contributed by atoms with E-state index in [0.29, 0.717) is 10.6 Å². The Morgan fingerprint density at radius 1 is 1.04 bits per heavy atom. The van der Waals surface area contributed by atoms with E-state index in [9.17, 15) is 9.59 Å². The number of nitrogens with one attached hydrogen (secondary N) is 2. The van der Waals surface area contributed by atoms with E-state index in [1.807, 2.05) is 60.8 Å². The summed E-state index contributed by atoms with van der Waals surface area (Å²) in [5.74, 6) is -0.531. The third-order valence-corrected chi connectivity index (χ3v) is 5.40. The maximum atomic E-state index is 12.5. The summed E-state index contributed by atoms with van der Waals surface area (Å²) in [5.41, 5.74) is 3.69. The summed E-state index contributed by atoms with van der Waals surface area (Å²) < 4.78 is 0.791. The van der Waals surface area contributed by atoms with Crippen LogP contribution >= 0.6 is 27.3 Å². The number of amides is 2. The van der Waals surface area contributed by atoms with Crippen molar-refractivity contribution < 1.29 is 9.59 Å². The van der Waals surface area contributed by atoms with Crippen LogP contribution < -0.4 is 10.6 Å². The zero-order valence-electron chi connectivity index (χ0n) is 14.1. The Labute approximate surface area is 164 Å². The second-order valence-corrected chi connectivity index (χ2v) is 7.51. The zero-order valence-corrected chi connectivity index (χ0v) is 16.5. The van der Waals surface area contributed by atoms with Crippen molar-refractivity contribution in [2.75, 3.05) is 11.9 Å². The van der Waals surface area contributed by atoms with Crippen molar-refractivity contribution in [3.05, 3.63) is 74.9 Å². The lowest BCUT2D eigenvalue weighted by molar-refractivity contribution is -0.115. The molecule has 2 amide bonds. The second-order valence-electron chi connectivity index (χ2n) is 5.74. The SMILES string of the molecule is Cc1ccc(-c2ccsc2C(=O)NCC(=O)Nc2ccccc2Br)cc1. The van der Waals surface area contributed by atoms with Crippen LogP contribution in [-0.4, -0.2) is 18.4 Å². The summed E-state index contributed by atoms with van der Waals surface area (Å²) in [7, 11) is 0. The van der Waals surface area contributed by atoms with Crippen LogP contribution in [-0.2, 0) is 4.79 Å². The number of hydrogen-bond donors (Lipinski definition) is 2. The van der Waals surface area contributed by atoms with E-state index in [-0.39, 0.29) is 18.4 Å². The molecule has 0 atom stereocenters. The van der Waals surface area contributed by atoms with Crippen molar-refractivity contribution >= 4 is 44.8 Å². The molecule has 0 aliphatic heterocycles. The van der Waals surface area contributed by atoms with Crippen LogP contribution in [0.25, 0.3) is 11.1 Å². The fourth-order valence-electron chi connectivity index (χ4n) is 2.44. The van der Waals surface area contributed by atoms with E-state index in [1.165, 1.54) is 16.9 Å². The van der Waals surface area contributed by atoms with Crippen molar-refractivity contribution in [1.29, 1.82) is 0 Å². The third kappa shape index (κ3) is 4.39. The summed E-state index contributed by atoms with van der Waals surface area (Å²) in [6, 6.07) is 17.3. The first kappa shape index (κ1) is 18.4. The highest BCUT2D eigenvalue weighted by molar-refractivity contribution is 9.10. The molecule has 1 aromatic heterocycles. The van der Waals surface area contributed by atoms with Crippen molar-refractivity contribution in [1.82, 2.24) is 5.32 Å². The van der Waals surface area contributed by atoms with E-state index < -0.39 is 0 Å². The molecule has 0 bridgehead atoms. The minimum absolute atomic E-state index is 0.0919. The monoisotopic (exact) mass is 428 g/mol. The number of aryl methyl sites for hydroxylation is 1. The van der Waals surface area contributed by atoms with Gasteiger partial charge in [-0.15, -0.1) is 11.3 Å². The molecule has 132 valence electrons. The standard InChI is InChI=1S/C20H17BrN2O2S/c1-13-6-8-14(9-7-13)15-10-11-26-19(15)20(25)22-12-18(24)23-17-5-3-2-4-16(17)21/h2-11H,12H2,1H3,(H,22,25)(H,23,24). The molecule has 0 saturated carbocycles. The fourth-order valence-corrected chi connectivity index (χ4v) is 3.66. The molecule has 0 unspecified atom stereocenters. The Bertz CT molecular complexity index is 935. The lowest BCUT2D eigenvalue weighted by atomic mass is 10.0. The van der Waals surface area contributed by atoms with Gasteiger partial charge in [0.1, 0.15) is 0 Å². The van der Waals surface area contributed by atoms with Crippen LogP contribution in [0.3, 0.4) is 0 Å². The smallest absolute Gasteiger partial charge is 0.262 e. The van der Waals surface area contributed by atoms with Crippen LogP contribution in [0.2, 0.25) is 0 Å². The number of thiophene rings is 1. The number of carbonyl (C=O) groups is 2. The first-order valence-electron chi connectivity index (χ1n) is 8.01. The van der Waals surface area contributed by atoms with E-state index >= 15 is 0 Å². The van der Waals surface area contributed by atoms with E-state index in [2.05, 4.69) is 26.6 Å². The largest absolute Gasteiger partial charge is 0.342 e. The predicted molar refractivity (Wildman–Crippen MR) is 110 cm³/mol. The maximum Gasteiger partial charge on any atom is 0.262 e. The Kier molecular flexibility index (Phi) is 5.85. The Balaban J connectivity index is 1.64. The first-order valence-corrected chi connectivity index (χ1v) is 9.69. The topological polar surface area (TPSA) is 58.2 Å². The lowest BCUT2D eigenvalue weighted by Gasteiger charge is -2.09. The number of para-hydroxylation sites is 1. The number of halogens is 1. The number of benzene rings is 2. The first-order chi connectivity index (χ1) is 12.5. The molecule has 2 N–H and O–H groups in total. The number of anilines is 1. The van der Waals surface area contributed by atoms with Gasteiger partial charge in [-0.3, -0.25) is 9.59 Å². The lowest BCUT2D eigenvalue weighted by Crippen LogP contribution is -2.32. The maximum absolute atomic E-state index is 12.5. The molecule has 0 spiro atoms. The van der Waals surface area contributed by atoms with Crippen molar-refractivity contribution in [2.24, 2.45) is 0 Å². The summed E-state index contributed by atoms with van der Waals surface area (Å²) >= 11 is 4.74. The molecule has 0 aliphatic rings. The van der Waals surface area contributed by atoms with E-state index in [4.69, 9.17) is 0 Å². The van der Waals surface area contributed by atoms with Crippen LogP contribution in [0.4, 0.5) is 5.69 Å². The third-order valence-electron chi connectivity index (χ3n) is 3.79. The average Bonchev–Trinajstić information content (AvgIpc) is 3.12. The van der Waals surface area contributed by atoms with Gasteiger partial charge in [-0.25, -0.2) is 0 Å². The molecule has 4 nitrogen and oxygen atoms in total. The molecule has 0 radical (unpaired) electrons. The summed E-state index contributed by atoms with van der Waals surface area (Å²) in [6.07, 6.45) is 0. The molecule has 2 aromatic carbocycles. The second kappa shape index (κ2) is 8.29. The van der Waals surface area contributed by atoms with E-state index in [0.717, 1.165) is 15.6 Å². The highest BCUT2D eigenvalue weighted by Crippen LogP contribution is 2.28. The van der Waals surface area contributed by atoms with Crippen LogP contribution in [0, 0.1) is 6.92 Å². The molecule has 26 heavy (non-hydrogen) atoms. The van der Waals surface area contributed by atoms with Crippen LogP contribution in [0.15, 0.2) is 64.5 Å². The molecule has 1 heterocycles. The minimum Gasteiger partial charge on any atom is -0.342 e. The molecule has 3 rings (SSSR count). The molecular formula is C20H17BrN2O2S. The molecule has 6 heteroatoms. The summed E-state index contributed by atoms with van der Waals surface area (Å²) in [6.45, 7) is 1.93. The Hall–Kier alpha value is -2.44. The Morgan fingerprint density at radius 3 is 2.50 bits per heavy atom. The van der Waals surface area contributed by atoms with Gasteiger partial charge < -0.3 is 10.6 Å². The number of carbonyl (C=O) groups excluding carboxylic acids is 2. The van der Waals surface area contributed by atoms with Gasteiger partial charge in [-0.05, 0) is 52.0 Å². The molecule has 0 fully saturated rings. The van der Waals surface area contributed by atoms with E-state index in [1.54, 1.807) is 6.07 Å². The van der Waals surface area contributed by atoms with Crippen LogP contribution in [0.1, 0.15) is 15.2 Å². The molecule has 0 saturated heterocycles. The highest BCUT2D eigenvalue weighted by atomic mass is 79.9. The number of hydrogen-bond acceptors (Lipinski definition) is 3. The van der Waals surface area contributed by atoms with Gasteiger partial charge in [0.15, 0.2) is 0 Å². The van der Waals surface area contributed by atoms with Gasteiger partial charge in [0.05, 0.1) is 17.1 Å². The summed E-state index contributed by atoms with van der Waals surface area (Å²) in [5, 5.41) is 7.34. The van der Waals surface area contributed by atoms with Crippen molar-refractivity contribution in [3.8, 4) is 11.1 Å². The van der Waals surface area contributed by atoms with Crippen molar-refractivity contribution in [2.45, 2.75) is 6.92 Å². The van der Waals surface area contributed by atoms with Crippen molar-refractivity contribution in [3.63, 3.8) is 0 Å². The molecule has 0 aliphatic carbocycles. The van der Waals surface area contributed by atoms with Gasteiger partial charge >= 0.3 is 0 Å². The molecule has 3 aromatic rings.